The van der Waals surface area contributed by atoms with Crippen LogP contribution in [-0.4, -0.2) is 5.88 Å². The van der Waals surface area contributed by atoms with Gasteiger partial charge in [0, 0.05) is 5.88 Å². The summed E-state index contributed by atoms with van der Waals surface area (Å²) < 4.78 is 0. The molecule has 0 aromatic rings. The summed E-state index contributed by atoms with van der Waals surface area (Å²) in [4.78, 5) is 0. The SMILES string of the molecule is CCCCCCl.[C-]1=CC=CC1.[C-]1=CC=CC1.[Ti+2]. The summed E-state index contributed by atoms with van der Waals surface area (Å²) >= 11 is 5.38. The molecule has 0 radical (unpaired) electrons. The van der Waals surface area contributed by atoms with Gasteiger partial charge in [-0.2, -0.15) is 12.2 Å². The Morgan fingerprint density at radius 3 is 1.65 bits per heavy atom. The van der Waals surface area contributed by atoms with E-state index in [1.807, 2.05) is 24.3 Å². The second-order valence-electron chi connectivity index (χ2n) is 3.40. The monoisotopic (exact) mass is 284 g/mol. The summed E-state index contributed by atoms with van der Waals surface area (Å²) in [6, 6.07) is 0. The van der Waals surface area contributed by atoms with Gasteiger partial charge in [0.2, 0.25) is 0 Å². The Kier molecular flexibility index (Phi) is 20.8. The maximum Gasteiger partial charge on any atom is 2.00 e. The Bertz CT molecular complexity index is 193. The minimum atomic E-state index is 0. The van der Waals surface area contributed by atoms with E-state index in [0.717, 1.165) is 18.7 Å². The molecule has 2 aliphatic carbocycles. The maximum atomic E-state index is 5.38. The zero-order valence-corrected chi connectivity index (χ0v) is 12.9. The van der Waals surface area contributed by atoms with E-state index < -0.39 is 0 Å². The summed E-state index contributed by atoms with van der Waals surface area (Å²) in [6.07, 6.45) is 23.7. The van der Waals surface area contributed by atoms with Gasteiger partial charge in [0.25, 0.3) is 0 Å². The minimum absolute atomic E-state index is 0. The Morgan fingerprint density at radius 1 is 1.00 bits per heavy atom. The number of hydrogen-bond donors (Lipinski definition) is 0. The van der Waals surface area contributed by atoms with E-state index in [-0.39, 0.29) is 21.7 Å². The second kappa shape index (κ2) is 18.3. The van der Waals surface area contributed by atoms with E-state index in [1.54, 1.807) is 0 Å². The maximum absolute atomic E-state index is 5.38. The second-order valence-corrected chi connectivity index (χ2v) is 3.78. The Hall–Kier alpha value is -0.0357. The Morgan fingerprint density at radius 2 is 1.53 bits per heavy atom. The Balaban J connectivity index is 0. The summed E-state index contributed by atoms with van der Waals surface area (Å²) in [5.74, 6) is 0.827. The normalized spacial score (nSPS) is 13.5. The number of allylic oxidation sites excluding steroid dienone is 8. The Labute approximate surface area is 126 Å². The van der Waals surface area contributed by atoms with Crippen LogP contribution in [0.2, 0.25) is 0 Å². The molecule has 2 aliphatic rings. The van der Waals surface area contributed by atoms with Crippen molar-refractivity contribution < 1.29 is 21.7 Å². The van der Waals surface area contributed by atoms with Crippen LogP contribution >= 0.6 is 11.6 Å². The molecule has 0 saturated heterocycles. The molecular weight excluding hydrogens is 263 g/mol. The van der Waals surface area contributed by atoms with Gasteiger partial charge in [0.15, 0.2) is 0 Å². The van der Waals surface area contributed by atoms with E-state index in [1.165, 1.54) is 19.3 Å². The summed E-state index contributed by atoms with van der Waals surface area (Å²) in [6.45, 7) is 2.17. The van der Waals surface area contributed by atoms with Gasteiger partial charge in [-0.1, -0.05) is 19.8 Å². The van der Waals surface area contributed by atoms with Crippen molar-refractivity contribution >= 4 is 11.6 Å². The minimum Gasteiger partial charge on any atom is -0.273 e. The molecule has 0 fully saturated rings. The third-order valence-corrected chi connectivity index (χ3v) is 2.18. The van der Waals surface area contributed by atoms with Gasteiger partial charge in [-0.3, -0.25) is 12.2 Å². The van der Waals surface area contributed by atoms with Crippen molar-refractivity contribution in [2.24, 2.45) is 0 Å². The molecule has 92 valence electrons. The summed E-state index contributed by atoms with van der Waals surface area (Å²) in [5.41, 5.74) is 0. The third-order valence-electron chi connectivity index (χ3n) is 1.91. The summed E-state index contributed by atoms with van der Waals surface area (Å²) in [7, 11) is 0. The number of hydrogen-bond acceptors (Lipinski definition) is 0. The van der Waals surface area contributed by atoms with Gasteiger partial charge in [0.05, 0.1) is 0 Å². The van der Waals surface area contributed by atoms with Gasteiger partial charge in [-0.25, -0.2) is 24.3 Å². The van der Waals surface area contributed by atoms with Crippen molar-refractivity contribution in [3.8, 4) is 0 Å². The topological polar surface area (TPSA) is 0 Å². The van der Waals surface area contributed by atoms with Crippen LogP contribution < -0.4 is 0 Å². The first-order valence-electron chi connectivity index (χ1n) is 5.91. The molecule has 0 nitrogen and oxygen atoms in total. The predicted octanol–water partition coefficient (Wildman–Crippen LogP) is 5.02. The standard InChI is InChI=1S/C5H11Cl.2C5H5.Ti/c1-2-3-4-5-6;2*1-2-4-5-3-1;/h2-5H2,1H3;2*1-3H,4H2;/q;2*-1;+2. The van der Waals surface area contributed by atoms with Crippen LogP contribution in [0.15, 0.2) is 36.5 Å². The molecule has 0 spiro atoms. The predicted molar refractivity (Wildman–Crippen MR) is 73.4 cm³/mol. The smallest absolute Gasteiger partial charge is 0.273 e. The van der Waals surface area contributed by atoms with Gasteiger partial charge in [-0.05, 0) is 6.42 Å². The van der Waals surface area contributed by atoms with Gasteiger partial charge < -0.3 is 0 Å². The van der Waals surface area contributed by atoms with Crippen LogP contribution in [-0.2, 0) is 21.7 Å². The van der Waals surface area contributed by atoms with Gasteiger partial charge >= 0.3 is 21.7 Å². The molecule has 0 heterocycles. The van der Waals surface area contributed by atoms with Crippen LogP contribution in [0.5, 0.6) is 0 Å². The molecule has 2 rings (SSSR count). The fourth-order valence-corrected chi connectivity index (χ4v) is 1.21. The molecule has 2 heteroatoms. The van der Waals surface area contributed by atoms with Gasteiger partial charge in [0.1, 0.15) is 0 Å². The molecule has 0 amide bonds. The van der Waals surface area contributed by atoms with Crippen LogP contribution in [0.1, 0.15) is 39.0 Å². The number of alkyl halides is 1. The molecule has 0 N–H and O–H groups in total. The van der Waals surface area contributed by atoms with E-state index in [4.69, 9.17) is 11.6 Å². The number of halogens is 1. The fraction of sp³-hybridized carbons (Fsp3) is 0.467. The average Bonchev–Trinajstić information content (AvgIpc) is 3.00. The fourth-order valence-electron chi connectivity index (χ4n) is 1.02. The third kappa shape index (κ3) is 18.5. The molecule has 0 saturated carbocycles. The first-order valence-corrected chi connectivity index (χ1v) is 6.44. The zero-order chi connectivity index (χ0) is 11.9. The molecule has 0 aromatic heterocycles. The van der Waals surface area contributed by atoms with Crippen molar-refractivity contribution in [3.05, 3.63) is 48.6 Å². The number of unbranched alkanes of at least 4 members (excludes halogenated alkanes) is 2. The van der Waals surface area contributed by atoms with Crippen LogP contribution in [0, 0.1) is 12.2 Å². The van der Waals surface area contributed by atoms with Crippen LogP contribution in [0.25, 0.3) is 0 Å². The molecule has 0 aliphatic heterocycles. The van der Waals surface area contributed by atoms with Crippen molar-refractivity contribution in [1.29, 1.82) is 0 Å². The summed E-state index contributed by atoms with van der Waals surface area (Å²) in [5, 5.41) is 0. The quantitative estimate of drug-likeness (QED) is 0.295. The van der Waals surface area contributed by atoms with E-state index >= 15 is 0 Å². The molecule has 0 atom stereocenters. The largest absolute Gasteiger partial charge is 2.00 e. The first-order chi connectivity index (χ1) is 7.91. The molecular formula is C15H21ClTi. The van der Waals surface area contributed by atoms with Crippen molar-refractivity contribution in [1.82, 2.24) is 0 Å². The number of rotatable bonds is 3. The zero-order valence-electron chi connectivity index (χ0n) is 10.6. The van der Waals surface area contributed by atoms with Crippen LogP contribution in [0.3, 0.4) is 0 Å². The molecule has 0 bridgehead atoms. The van der Waals surface area contributed by atoms with E-state index in [0.29, 0.717) is 0 Å². The molecule has 0 unspecified atom stereocenters. The first kappa shape index (κ1) is 19.3. The average molecular weight is 285 g/mol. The van der Waals surface area contributed by atoms with Crippen molar-refractivity contribution in [2.45, 2.75) is 39.0 Å². The van der Waals surface area contributed by atoms with Crippen LogP contribution in [0.4, 0.5) is 0 Å². The van der Waals surface area contributed by atoms with Gasteiger partial charge in [-0.15, -0.1) is 24.4 Å². The van der Waals surface area contributed by atoms with E-state index in [9.17, 15) is 0 Å². The van der Waals surface area contributed by atoms with Crippen molar-refractivity contribution in [3.63, 3.8) is 0 Å². The molecule has 17 heavy (non-hydrogen) atoms. The van der Waals surface area contributed by atoms with E-state index in [2.05, 4.69) is 31.2 Å². The van der Waals surface area contributed by atoms with Crippen molar-refractivity contribution in [2.75, 3.05) is 5.88 Å². The molecule has 0 aromatic carbocycles.